The van der Waals surface area contributed by atoms with Crippen molar-refractivity contribution in [1.29, 1.82) is 0 Å². The number of esters is 1. The Kier molecular flexibility index (Phi) is 7.63. The molecular formula is C16H33N3O2. The second kappa shape index (κ2) is 8.71. The highest BCUT2D eigenvalue weighted by Gasteiger charge is 2.31. The average molecular weight is 299 g/mol. The molecule has 0 aromatic heterocycles. The molecule has 0 spiro atoms. The van der Waals surface area contributed by atoms with Gasteiger partial charge in [-0.2, -0.15) is 0 Å². The van der Waals surface area contributed by atoms with Crippen molar-refractivity contribution in [2.24, 2.45) is 0 Å². The molecule has 1 aliphatic heterocycles. The molecule has 0 bridgehead atoms. The van der Waals surface area contributed by atoms with E-state index in [1.807, 2.05) is 6.92 Å². The molecular weight excluding hydrogens is 266 g/mol. The minimum atomic E-state index is -0.173. The third-order valence-electron chi connectivity index (χ3n) is 4.34. The summed E-state index contributed by atoms with van der Waals surface area (Å²) >= 11 is 0. The van der Waals surface area contributed by atoms with E-state index in [1.165, 1.54) is 0 Å². The van der Waals surface area contributed by atoms with Gasteiger partial charge in [-0.3, -0.25) is 9.69 Å². The van der Waals surface area contributed by atoms with Crippen molar-refractivity contribution in [3.05, 3.63) is 0 Å². The number of carbonyl (C=O) groups is 1. The van der Waals surface area contributed by atoms with E-state index in [2.05, 4.69) is 42.9 Å². The van der Waals surface area contributed by atoms with E-state index in [4.69, 9.17) is 4.74 Å². The van der Waals surface area contributed by atoms with Gasteiger partial charge in [-0.05, 0) is 47.2 Å². The van der Waals surface area contributed by atoms with Crippen LogP contribution in [0.15, 0.2) is 0 Å². The van der Waals surface area contributed by atoms with Crippen LogP contribution >= 0.6 is 0 Å². The second-order valence-corrected chi connectivity index (χ2v) is 6.56. The van der Waals surface area contributed by atoms with Crippen LogP contribution in [0.25, 0.3) is 0 Å². The quantitative estimate of drug-likeness (QED) is 0.685. The molecule has 5 heteroatoms. The summed E-state index contributed by atoms with van der Waals surface area (Å²) in [6.45, 7) is 14.0. The van der Waals surface area contributed by atoms with Crippen LogP contribution in [0.2, 0.25) is 0 Å². The fourth-order valence-electron chi connectivity index (χ4n) is 2.71. The lowest BCUT2D eigenvalue weighted by atomic mass is 9.99. The van der Waals surface area contributed by atoms with Crippen molar-refractivity contribution < 1.29 is 9.53 Å². The number of piperazine rings is 1. The first kappa shape index (κ1) is 18.4. The van der Waals surface area contributed by atoms with Crippen LogP contribution < -0.4 is 5.32 Å². The van der Waals surface area contributed by atoms with Gasteiger partial charge in [0.25, 0.3) is 0 Å². The Bertz CT molecular complexity index is 321. The highest BCUT2D eigenvalue weighted by Crippen LogP contribution is 2.19. The highest BCUT2D eigenvalue weighted by atomic mass is 16.5. The maximum Gasteiger partial charge on any atom is 0.323 e. The molecule has 0 aromatic carbocycles. The summed E-state index contributed by atoms with van der Waals surface area (Å²) in [5.41, 5.74) is 0.203. The van der Waals surface area contributed by atoms with Gasteiger partial charge >= 0.3 is 5.97 Å². The third-order valence-corrected chi connectivity index (χ3v) is 4.34. The zero-order valence-corrected chi connectivity index (χ0v) is 14.4. The monoisotopic (exact) mass is 299 g/mol. The number of ether oxygens (including phenoxy) is 1. The second-order valence-electron chi connectivity index (χ2n) is 6.56. The van der Waals surface area contributed by atoms with Gasteiger partial charge < -0.3 is 15.0 Å². The summed E-state index contributed by atoms with van der Waals surface area (Å²) in [6, 6.07) is -0.173. The number of nitrogens with one attached hydrogen (secondary N) is 1. The van der Waals surface area contributed by atoms with E-state index in [-0.39, 0.29) is 17.6 Å². The van der Waals surface area contributed by atoms with Gasteiger partial charge in [-0.25, -0.2) is 0 Å². The Morgan fingerprint density at radius 1 is 1.33 bits per heavy atom. The van der Waals surface area contributed by atoms with E-state index in [0.29, 0.717) is 6.61 Å². The molecule has 1 fully saturated rings. The van der Waals surface area contributed by atoms with Crippen molar-refractivity contribution in [2.75, 3.05) is 46.4 Å². The minimum Gasteiger partial charge on any atom is -0.465 e. The van der Waals surface area contributed by atoms with E-state index < -0.39 is 0 Å². The van der Waals surface area contributed by atoms with Crippen molar-refractivity contribution in [3.8, 4) is 0 Å². The van der Waals surface area contributed by atoms with Crippen molar-refractivity contribution in [3.63, 3.8) is 0 Å². The molecule has 0 aromatic rings. The number of carbonyl (C=O) groups excluding carboxylic acids is 1. The fraction of sp³-hybridized carbons (Fsp3) is 0.938. The van der Waals surface area contributed by atoms with Crippen LogP contribution in [0, 0.1) is 0 Å². The molecule has 0 saturated carbocycles. The summed E-state index contributed by atoms with van der Waals surface area (Å²) in [7, 11) is 2.18. The molecule has 1 atom stereocenters. The largest absolute Gasteiger partial charge is 0.465 e. The lowest BCUT2D eigenvalue weighted by Gasteiger charge is -2.45. The minimum absolute atomic E-state index is 0.112. The number of nitrogens with zero attached hydrogens (tertiary/aromatic N) is 2. The molecule has 124 valence electrons. The molecule has 1 rings (SSSR count). The van der Waals surface area contributed by atoms with Crippen molar-refractivity contribution in [2.45, 2.75) is 52.1 Å². The van der Waals surface area contributed by atoms with Gasteiger partial charge in [0.1, 0.15) is 6.04 Å². The zero-order chi connectivity index (χ0) is 15.9. The molecule has 1 N–H and O–H groups in total. The maximum absolute atomic E-state index is 12.0. The Labute approximate surface area is 130 Å². The van der Waals surface area contributed by atoms with Crippen LogP contribution in [0.5, 0.6) is 0 Å². The van der Waals surface area contributed by atoms with E-state index >= 15 is 0 Å². The third kappa shape index (κ3) is 5.93. The number of hydrogen-bond donors (Lipinski definition) is 1. The Balaban J connectivity index is 2.46. The number of hydrogen-bond acceptors (Lipinski definition) is 5. The molecule has 1 aliphatic rings. The van der Waals surface area contributed by atoms with Gasteiger partial charge in [0.2, 0.25) is 0 Å². The predicted octanol–water partition coefficient (Wildman–Crippen LogP) is 1.33. The Morgan fingerprint density at radius 2 is 2.05 bits per heavy atom. The van der Waals surface area contributed by atoms with E-state index in [1.54, 1.807) is 0 Å². The Morgan fingerprint density at radius 3 is 2.62 bits per heavy atom. The summed E-state index contributed by atoms with van der Waals surface area (Å²) in [6.07, 6.45) is 1.84. The first-order valence-corrected chi connectivity index (χ1v) is 8.24. The fourth-order valence-corrected chi connectivity index (χ4v) is 2.71. The molecule has 0 radical (unpaired) electrons. The van der Waals surface area contributed by atoms with E-state index in [0.717, 1.165) is 45.6 Å². The van der Waals surface area contributed by atoms with Crippen LogP contribution in [0.1, 0.15) is 40.5 Å². The van der Waals surface area contributed by atoms with Gasteiger partial charge in [-0.1, -0.05) is 6.92 Å². The molecule has 0 aliphatic carbocycles. The first-order chi connectivity index (χ1) is 9.90. The average Bonchev–Trinajstić information content (AvgIpc) is 2.42. The smallest absolute Gasteiger partial charge is 0.323 e. The molecule has 1 saturated heterocycles. The zero-order valence-electron chi connectivity index (χ0n) is 14.4. The van der Waals surface area contributed by atoms with Gasteiger partial charge in [0.15, 0.2) is 0 Å². The van der Waals surface area contributed by atoms with Gasteiger partial charge in [-0.15, -0.1) is 0 Å². The topological polar surface area (TPSA) is 44.8 Å². The van der Waals surface area contributed by atoms with E-state index in [9.17, 15) is 4.79 Å². The number of likely N-dealkylation sites (N-methyl/N-ethyl adjacent to an activating group) is 1. The van der Waals surface area contributed by atoms with Crippen LogP contribution in [0.4, 0.5) is 0 Å². The molecule has 1 heterocycles. The summed E-state index contributed by atoms with van der Waals surface area (Å²) in [5.74, 6) is -0.112. The summed E-state index contributed by atoms with van der Waals surface area (Å²) < 4.78 is 5.17. The highest BCUT2D eigenvalue weighted by molar-refractivity contribution is 5.75. The molecule has 5 nitrogen and oxygen atoms in total. The van der Waals surface area contributed by atoms with Crippen molar-refractivity contribution >= 4 is 5.97 Å². The molecule has 21 heavy (non-hydrogen) atoms. The summed E-state index contributed by atoms with van der Waals surface area (Å²) in [5, 5.41) is 3.31. The first-order valence-electron chi connectivity index (χ1n) is 8.24. The summed E-state index contributed by atoms with van der Waals surface area (Å²) in [4.78, 5) is 16.9. The SMILES string of the molecule is CCCNC(CCN1CCN(C)C(C)(C)C1)C(=O)OCC. The maximum atomic E-state index is 12.0. The predicted molar refractivity (Wildman–Crippen MR) is 86.5 cm³/mol. The van der Waals surface area contributed by atoms with Crippen LogP contribution in [-0.4, -0.2) is 73.7 Å². The Hall–Kier alpha value is -0.650. The van der Waals surface area contributed by atoms with Crippen molar-refractivity contribution in [1.82, 2.24) is 15.1 Å². The van der Waals surface area contributed by atoms with Gasteiger partial charge in [0, 0.05) is 31.7 Å². The normalized spacial score (nSPS) is 21.2. The lowest BCUT2D eigenvalue weighted by molar-refractivity contribution is -0.146. The standard InChI is InChI=1S/C16H33N3O2/c1-6-9-17-14(15(20)21-7-2)8-10-19-12-11-18(5)16(3,4)13-19/h14,17H,6-13H2,1-5H3. The van der Waals surface area contributed by atoms with Gasteiger partial charge in [0.05, 0.1) is 6.61 Å². The molecule has 0 amide bonds. The lowest BCUT2D eigenvalue weighted by Crippen LogP contribution is -2.58. The van der Waals surface area contributed by atoms with Crippen LogP contribution in [-0.2, 0) is 9.53 Å². The molecule has 1 unspecified atom stereocenters. The van der Waals surface area contributed by atoms with Crippen LogP contribution in [0.3, 0.4) is 0 Å². The number of rotatable bonds is 8.